The number of hydrogen-bond donors (Lipinski definition) is 4. The molecule has 3 unspecified atom stereocenters. The van der Waals surface area contributed by atoms with E-state index in [4.69, 9.17) is 9.57 Å². The van der Waals surface area contributed by atoms with E-state index in [9.17, 15) is 34.2 Å². The number of para-hydroxylation sites is 1. The Morgan fingerprint density at radius 2 is 1.63 bits per heavy atom. The fraction of sp³-hybridized carbons (Fsp3) is 0.290. The molecule has 4 rings (SSSR count). The Labute approximate surface area is 246 Å². The average Bonchev–Trinajstić information content (AvgIpc) is 3.40. The molecule has 0 spiro atoms. The Balaban J connectivity index is 1.43. The van der Waals surface area contributed by atoms with Crippen molar-refractivity contribution in [3.63, 3.8) is 0 Å². The van der Waals surface area contributed by atoms with Crippen LogP contribution < -0.4 is 15.4 Å². The first-order chi connectivity index (χ1) is 20.5. The molecule has 4 N–H and O–H groups in total. The Bertz CT molecular complexity index is 1560. The fourth-order valence-corrected chi connectivity index (χ4v) is 4.54. The summed E-state index contributed by atoms with van der Waals surface area (Å²) in [7, 11) is 0. The van der Waals surface area contributed by atoms with Gasteiger partial charge in [-0.25, -0.2) is 0 Å². The summed E-state index contributed by atoms with van der Waals surface area (Å²) in [6.07, 6.45) is -1.14. The van der Waals surface area contributed by atoms with Gasteiger partial charge in [-0.3, -0.25) is 24.0 Å². The van der Waals surface area contributed by atoms with E-state index in [1.165, 1.54) is 6.92 Å². The molecule has 0 saturated heterocycles. The maximum Gasteiger partial charge on any atom is 0.305 e. The summed E-state index contributed by atoms with van der Waals surface area (Å²) < 4.78 is 5.42. The van der Waals surface area contributed by atoms with E-state index >= 15 is 0 Å². The van der Waals surface area contributed by atoms with E-state index < -0.39 is 60.2 Å². The van der Waals surface area contributed by atoms with Crippen molar-refractivity contribution < 1.29 is 43.8 Å². The first-order valence-electron chi connectivity index (χ1n) is 13.5. The molecule has 1 aliphatic rings. The van der Waals surface area contributed by atoms with Gasteiger partial charge in [-0.2, -0.15) is 0 Å². The van der Waals surface area contributed by atoms with Gasteiger partial charge >= 0.3 is 11.9 Å². The van der Waals surface area contributed by atoms with Gasteiger partial charge < -0.3 is 30.4 Å². The van der Waals surface area contributed by atoms with Crippen LogP contribution in [0, 0.1) is 0 Å². The molecule has 0 aromatic heterocycles. The maximum absolute atomic E-state index is 13.3. The molecule has 3 aromatic rings. The SMILES string of the molecule is CC1(C(=O)NC(CC(=O)O)C(=O)COc2ccccc2)CC(C(CCC(=O)O)NC(=O)c2ccc3ccccc3c2)=NO1. The third kappa shape index (κ3) is 8.15. The number of carboxylic acid groups (broad SMARTS) is 2. The number of carbonyl (C=O) groups is 5. The molecule has 224 valence electrons. The highest BCUT2D eigenvalue weighted by molar-refractivity contribution is 6.04. The van der Waals surface area contributed by atoms with Gasteiger partial charge in [0, 0.05) is 18.4 Å². The van der Waals surface area contributed by atoms with Crippen molar-refractivity contribution in [2.24, 2.45) is 5.16 Å². The van der Waals surface area contributed by atoms with Crippen molar-refractivity contribution in [3.8, 4) is 5.75 Å². The number of Topliss-reactive ketones (excluding diaryl/α,β-unsaturated/α-hetero) is 1. The van der Waals surface area contributed by atoms with Gasteiger partial charge in [0.05, 0.1) is 18.2 Å². The van der Waals surface area contributed by atoms with Gasteiger partial charge in [-0.15, -0.1) is 0 Å². The van der Waals surface area contributed by atoms with Gasteiger partial charge in [0.2, 0.25) is 5.60 Å². The number of oxime groups is 1. The van der Waals surface area contributed by atoms with Crippen molar-refractivity contribution in [1.82, 2.24) is 10.6 Å². The van der Waals surface area contributed by atoms with Crippen LogP contribution in [-0.2, 0) is 24.0 Å². The zero-order valence-electron chi connectivity index (χ0n) is 23.3. The third-order valence-corrected chi connectivity index (χ3v) is 6.93. The van der Waals surface area contributed by atoms with Crippen LogP contribution in [-0.4, -0.2) is 69.8 Å². The molecule has 0 radical (unpaired) electrons. The number of nitrogens with one attached hydrogen (secondary N) is 2. The number of ether oxygens (including phenoxy) is 1. The van der Waals surface area contributed by atoms with Gasteiger partial charge in [-0.05, 0) is 48.4 Å². The van der Waals surface area contributed by atoms with Crippen LogP contribution in [0.2, 0.25) is 0 Å². The number of aliphatic carboxylic acids is 2. The van der Waals surface area contributed by atoms with Crippen LogP contribution in [0.3, 0.4) is 0 Å². The number of fused-ring (bicyclic) bond motifs is 1. The normalized spacial score (nSPS) is 17.2. The summed E-state index contributed by atoms with van der Waals surface area (Å²) in [5, 5.41) is 29.6. The molecule has 2 amide bonds. The van der Waals surface area contributed by atoms with Gasteiger partial charge in [0.15, 0.2) is 5.78 Å². The van der Waals surface area contributed by atoms with Crippen molar-refractivity contribution in [1.29, 1.82) is 0 Å². The van der Waals surface area contributed by atoms with Gasteiger partial charge in [0.25, 0.3) is 11.8 Å². The van der Waals surface area contributed by atoms with Crippen molar-refractivity contribution in [2.45, 2.75) is 50.3 Å². The predicted octanol–water partition coefficient (Wildman–Crippen LogP) is 2.95. The van der Waals surface area contributed by atoms with E-state index in [1.54, 1.807) is 48.5 Å². The topological polar surface area (TPSA) is 181 Å². The number of rotatable bonds is 14. The Kier molecular flexibility index (Phi) is 9.71. The molecule has 0 fully saturated rings. The van der Waals surface area contributed by atoms with E-state index in [0.29, 0.717) is 11.3 Å². The van der Waals surface area contributed by atoms with E-state index in [0.717, 1.165) is 10.8 Å². The highest BCUT2D eigenvalue weighted by Crippen LogP contribution is 2.27. The Hall–Kier alpha value is -5.26. The second-order valence-corrected chi connectivity index (χ2v) is 10.3. The number of carboxylic acids is 2. The summed E-state index contributed by atoms with van der Waals surface area (Å²) >= 11 is 0. The minimum atomic E-state index is -1.65. The van der Waals surface area contributed by atoms with Crippen molar-refractivity contribution >= 4 is 46.0 Å². The largest absolute Gasteiger partial charge is 0.486 e. The van der Waals surface area contributed by atoms with Crippen molar-refractivity contribution in [3.05, 3.63) is 78.4 Å². The number of amides is 2. The summed E-state index contributed by atoms with van der Waals surface area (Å²) in [6, 6.07) is 18.8. The average molecular weight is 590 g/mol. The molecule has 12 nitrogen and oxygen atoms in total. The van der Waals surface area contributed by atoms with E-state index in [2.05, 4.69) is 15.8 Å². The molecular weight excluding hydrogens is 558 g/mol. The zero-order chi connectivity index (χ0) is 31.0. The first kappa shape index (κ1) is 30.7. The fourth-order valence-electron chi connectivity index (χ4n) is 4.54. The molecule has 1 heterocycles. The molecule has 3 atom stereocenters. The number of ketones is 1. The lowest BCUT2D eigenvalue weighted by molar-refractivity contribution is -0.146. The maximum atomic E-state index is 13.3. The molecule has 0 aliphatic carbocycles. The second kappa shape index (κ2) is 13.6. The standard InChI is InChI=1S/C31H31N3O9/c1-31(30(41)33-24(16-28(38)39)26(35)18-42-22-9-3-2-4-10-22)17-25(34-43-31)23(13-14-27(36)37)32-29(40)21-12-11-19-7-5-6-8-20(19)15-21/h2-12,15,23-24H,13-14,16-18H2,1H3,(H,32,40)(H,33,41)(H,36,37)(H,38,39). The monoisotopic (exact) mass is 589 g/mol. The van der Waals surface area contributed by atoms with Crippen LogP contribution in [0.5, 0.6) is 5.75 Å². The molecule has 0 saturated carbocycles. The number of nitrogens with zero attached hydrogens (tertiary/aromatic N) is 1. The third-order valence-electron chi connectivity index (χ3n) is 6.93. The Morgan fingerprint density at radius 1 is 0.930 bits per heavy atom. The van der Waals surface area contributed by atoms with Gasteiger partial charge in [-0.1, -0.05) is 53.7 Å². The van der Waals surface area contributed by atoms with Crippen LogP contribution in [0.4, 0.5) is 0 Å². The predicted molar refractivity (Wildman–Crippen MR) is 155 cm³/mol. The lowest BCUT2D eigenvalue weighted by Crippen LogP contribution is -2.53. The summed E-state index contributed by atoms with van der Waals surface area (Å²) in [4.78, 5) is 67.4. The van der Waals surface area contributed by atoms with Crippen LogP contribution in [0.15, 0.2) is 78.0 Å². The summed E-state index contributed by atoms with van der Waals surface area (Å²) in [5.41, 5.74) is -1.07. The highest BCUT2D eigenvalue weighted by Gasteiger charge is 2.45. The quantitative estimate of drug-likeness (QED) is 0.220. The second-order valence-electron chi connectivity index (χ2n) is 10.3. The molecule has 1 aliphatic heterocycles. The minimum absolute atomic E-state index is 0.0223. The lowest BCUT2D eigenvalue weighted by atomic mass is 9.92. The first-order valence-corrected chi connectivity index (χ1v) is 13.5. The van der Waals surface area contributed by atoms with Crippen LogP contribution in [0.1, 0.15) is 43.0 Å². The van der Waals surface area contributed by atoms with Crippen molar-refractivity contribution in [2.75, 3.05) is 6.61 Å². The highest BCUT2D eigenvalue weighted by atomic mass is 16.7. The molecule has 43 heavy (non-hydrogen) atoms. The summed E-state index contributed by atoms with van der Waals surface area (Å²) in [6.45, 7) is 0.931. The molecular formula is C31H31N3O9. The van der Waals surface area contributed by atoms with E-state index in [1.807, 2.05) is 24.3 Å². The Morgan fingerprint density at radius 3 is 2.33 bits per heavy atom. The number of hydrogen-bond acceptors (Lipinski definition) is 8. The zero-order valence-corrected chi connectivity index (χ0v) is 23.3. The van der Waals surface area contributed by atoms with Crippen LogP contribution >= 0.6 is 0 Å². The smallest absolute Gasteiger partial charge is 0.305 e. The molecule has 12 heteroatoms. The summed E-state index contributed by atoms with van der Waals surface area (Å²) in [5.74, 6) is -3.92. The molecule has 3 aromatic carbocycles. The van der Waals surface area contributed by atoms with Gasteiger partial charge in [0.1, 0.15) is 18.4 Å². The molecule has 0 bridgehead atoms. The minimum Gasteiger partial charge on any atom is -0.486 e. The number of benzene rings is 3. The van der Waals surface area contributed by atoms with E-state index in [-0.39, 0.29) is 25.0 Å². The number of carbonyl (C=O) groups excluding carboxylic acids is 3. The lowest BCUT2D eigenvalue weighted by Gasteiger charge is -2.25. The van der Waals surface area contributed by atoms with Crippen LogP contribution in [0.25, 0.3) is 10.8 Å².